The van der Waals surface area contributed by atoms with Crippen molar-refractivity contribution in [2.24, 2.45) is 5.73 Å². The van der Waals surface area contributed by atoms with E-state index in [0.717, 1.165) is 28.2 Å². The molecule has 0 bridgehead atoms. The number of benzene rings is 3. The lowest BCUT2D eigenvalue weighted by molar-refractivity contribution is -0.141. The van der Waals surface area contributed by atoms with Gasteiger partial charge in [0, 0.05) is 32.6 Å². The maximum Gasteiger partial charge on any atom is 0.246 e. The number of nitrogens with zero attached hydrogens (tertiary/aromatic N) is 2. The maximum atomic E-state index is 13.8. The van der Waals surface area contributed by atoms with Crippen molar-refractivity contribution in [2.45, 2.75) is 44.7 Å². The Bertz CT molecular complexity index is 1480. The van der Waals surface area contributed by atoms with Gasteiger partial charge in [0.2, 0.25) is 21.8 Å². The van der Waals surface area contributed by atoms with Crippen molar-refractivity contribution < 1.29 is 18.0 Å². The van der Waals surface area contributed by atoms with Crippen LogP contribution in [-0.4, -0.2) is 68.5 Å². The van der Waals surface area contributed by atoms with Crippen molar-refractivity contribution >= 4 is 38.3 Å². The standard InChI is InChI=1S/C31H40N4O4S/c1-31(2,32)19-10-15-29(36)35(4)28(22-23-16-17-24-11-6-7-13-26(24)21-23)30(37)34(3)20-18-25-12-8-9-14-27(25)33-40(5,38)39/h6-17,21,28,33H,18-20,22,32H2,1-5H3/t28-/m1/s1. The highest BCUT2D eigenvalue weighted by Crippen LogP contribution is 2.20. The number of sulfonamides is 1. The van der Waals surface area contributed by atoms with E-state index in [1.54, 1.807) is 37.2 Å². The van der Waals surface area contributed by atoms with Crippen molar-refractivity contribution in [1.29, 1.82) is 0 Å². The normalized spacial score (nSPS) is 12.8. The molecule has 0 fully saturated rings. The minimum absolute atomic E-state index is 0.204. The van der Waals surface area contributed by atoms with E-state index in [2.05, 4.69) is 4.72 Å². The monoisotopic (exact) mass is 564 g/mol. The van der Waals surface area contributed by atoms with E-state index in [4.69, 9.17) is 5.73 Å². The summed E-state index contributed by atoms with van der Waals surface area (Å²) in [5, 5.41) is 2.16. The van der Waals surface area contributed by atoms with Crippen molar-refractivity contribution in [3.05, 3.63) is 90.0 Å². The van der Waals surface area contributed by atoms with Crippen LogP contribution in [0.5, 0.6) is 0 Å². The van der Waals surface area contributed by atoms with Crippen molar-refractivity contribution in [1.82, 2.24) is 9.80 Å². The van der Waals surface area contributed by atoms with Gasteiger partial charge in [-0.15, -0.1) is 0 Å². The van der Waals surface area contributed by atoms with Crippen molar-refractivity contribution in [2.75, 3.05) is 31.6 Å². The van der Waals surface area contributed by atoms with Gasteiger partial charge < -0.3 is 15.5 Å². The third-order valence-electron chi connectivity index (χ3n) is 6.65. The van der Waals surface area contributed by atoms with Gasteiger partial charge in [-0.2, -0.15) is 0 Å². The summed E-state index contributed by atoms with van der Waals surface area (Å²) in [5.41, 5.74) is 7.80. The van der Waals surface area contributed by atoms with Crippen molar-refractivity contribution in [3.63, 3.8) is 0 Å². The van der Waals surface area contributed by atoms with E-state index in [1.165, 1.54) is 11.0 Å². The van der Waals surface area contributed by atoms with Crippen LogP contribution in [0.2, 0.25) is 0 Å². The molecular weight excluding hydrogens is 524 g/mol. The third-order valence-corrected chi connectivity index (χ3v) is 7.24. The van der Waals surface area contributed by atoms with Gasteiger partial charge in [-0.25, -0.2) is 8.42 Å². The molecule has 0 heterocycles. The molecule has 0 aliphatic rings. The Hall–Kier alpha value is -3.69. The highest BCUT2D eigenvalue weighted by molar-refractivity contribution is 7.92. The number of para-hydroxylation sites is 1. The fourth-order valence-corrected chi connectivity index (χ4v) is 5.00. The first kappa shape index (κ1) is 30.8. The quantitative estimate of drug-likeness (QED) is 0.323. The van der Waals surface area contributed by atoms with Gasteiger partial charge in [0.1, 0.15) is 6.04 Å². The first-order valence-corrected chi connectivity index (χ1v) is 15.1. The Morgan fingerprint density at radius 2 is 1.65 bits per heavy atom. The molecule has 2 amide bonds. The molecule has 214 valence electrons. The molecule has 3 aromatic rings. The van der Waals surface area contributed by atoms with E-state index in [9.17, 15) is 18.0 Å². The summed E-state index contributed by atoms with van der Waals surface area (Å²) in [6.07, 6.45) is 5.63. The molecule has 0 spiro atoms. The predicted molar refractivity (Wildman–Crippen MR) is 162 cm³/mol. The zero-order valence-corrected chi connectivity index (χ0v) is 24.7. The van der Waals surface area contributed by atoms with Crippen LogP contribution in [0.3, 0.4) is 0 Å². The SMILES string of the molecule is CN(CCc1ccccc1NS(C)(=O)=O)C(=O)[C@@H](Cc1ccc2ccccc2c1)N(C)C(=O)C=CCC(C)(C)N. The molecule has 1 atom stereocenters. The molecular formula is C31H40N4O4S. The molecule has 0 saturated carbocycles. The van der Waals surface area contributed by atoms with Gasteiger partial charge in [0.25, 0.3) is 0 Å². The lowest BCUT2D eigenvalue weighted by atomic mass is 9.99. The molecule has 9 heteroatoms. The largest absolute Gasteiger partial charge is 0.344 e. The Morgan fingerprint density at radius 1 is 1.00 bits per heavy atom. The Labute approximate surface area is 237 Å². The molecule has 0 aliphatic carbocycles. The highest BCUT2D eigenvalue weighted by atomic mass is 32.2. The first-order valence-electron chi connectivity index (χ1n) is 13.2. The van der Waals surface area contributed by atoms with Crippen LogP contribution in [0.25, 0.3) is 10.8 Å². The second kappa shape index (κ2) is 13.1. The molecule has 8 nitrogen and oxygen atoms in total. The van der Waals surface area contributed by atoms with Crippen LogP contribution in [0.1, 0.15) is 31.4 Å². The Kier molecular flexibility index (Phi) is 10.1. The summed E-state index contributed by atoms with van der Waals surface area (Å²) in [6.45, 7) is 4.11. The number of hydrogen-bond acceptors (Lipinski definition) is 5. The van der Waals surface area contributed by atoms with Gasteiger partial charge in [-0.3, -0.25) is 14.3 Å². The number of nitrogens with two attached hydrogens (primary N) is 1. The van der Waals surface area contributed by atoms with Gasteiger partial charge in [-0.1, -0.05) is 66.7 Å². The molecule has 0 aromatic heterocycles. The second-order valence-corrected chi connectivity index (χ2v) is 12.7. The number of rotatable bonds is 12. The van der Waals surface area contributed by atoms with E-state index >= 15 is 0 Å². The average Bonchev–Trinajstić information content (AvgIpc) is 2.88. The molecule has 3 rings (SSSR count). The number of hydrogen-bond donors (Lipinski definition) is 2. The minimum atomic E-state index is -3.45. The minimum Gasteiger partial charge on any atom is -0.344 e. The van der Waals surface area contributed by atoms with E-state index in [0.29, 0.717) is 31.5 Å². The molecule has 3 N–H and O–H groups in total. The Morgan fingerprint density at radius 3 is 2.33 bits per heavy atom. The van der Waals surface area contributed by atoms with Gasteiger partial charge in [0.05, 0.1) is 11.9 Å². The van der Waals surface area contributed by atoms with E-state index in [-0.39, 0.29) is 11.8 Å². The number of carbonyl (C=O) groups excluding carboxylic acids is 2. The van der Waals surface area contributed by atoms with Gasteiger partial charge in [0.15, 0.2) is 0 Å². The van der Waals surface area contributed by atoms with E-state index in [1.807, 2.05) is 68.4 Å². The topological polar surface area (TPSA) is 113 Å². The lowest BCUT2D eigenvalue weighted by Crippen LogP contribution is -2.49. The number of nitrogens with one attached hydrogen (secondary N) is 1. The number of likely N-dealkylation sites (N-methyl/N-ethyl adjacent to an activating group) is 2. The number of anilines is 1. The molecule has 3 aromatic carbocycles. The van der Waals surface area contributed by atoms with Crippen molar-refractivity contribution in [3.8, 4) is 0 Å². The van der Waals surface area contributed by atoms with Crippen LogP contribution < -0.4 is 10.5 Å². The van der Waals surface area contributed by atoms with Crippen LogP contribution in [0, 0.1) is 0 Å². The van der Waals surface area contributed by atoms with Crippen LogP contribution in [-0.2, 0) is 32.5 Å². The van der Waals surface area contributed by atoms with Gasteiger partial charge in [-0.05, 0) is 60.7 Å². The lowest BCUT2D eigenvalue weighted by Gasteiger charge is -2.31. The second-order valence-electron chi connectivity index (χ2n) is 11.0. The maximum absolute atomic E-state index is 13.8. The third kappa shape index (κ3) is 9.20. The fourth-order valence-electron chi connectivity index (χ4n) is 4.40. The summed E-state index contributed by atoms with van der Waals surface area (Å²) in [5.74, 6) is -0.482. The summed E-state index contributed by atoms with van der Waals surface area (Å²) in [4.78, 5) is 30.0. The Balaban J connectivity index is 1.82. The highest BCUT2D eigenvalue weighted by Gasteiger charge is 2.29. The average molecular weight is 565 g/mol. The first-order chi connectivity index (χ1) is 18.7. The zero-order valence-electron chi connectivity index (χ0n) is 23.9. The molecule has 0 radical (unpaired) electrons. The van der Waals surface area contributed by atoms with Crippen LogP contribution in [0.15, 0.2) is 78.9 Å². The van der Waals surface area contributed by atoms with Crippen LogP contribution >= 0.6 is 0 Å². The summed E-state index contributed by atoms with van der Waals surface area (Å²) in [7, 11) is -0.101. The summed E-state index contributed by atoms with van der Waals surface area (Å²) >= 11 is 0. The molecule has 40 heavy (non-hydrogen) atoms. The number of carbonyl (C=O) groups is 2. The predicted octanol–water partition coefficient (Wildman–Crippen LogP) is 3.97. The van der Waals surface area contributed by atoms with E-state index < -0.39 is 21.6 Å². The molecule has 0 saturated heterocycles. The molecule has 0 aliphatic heterocycles. The molecule has 0 unspecified atom stereocenters. The zero-order chi connectivity index (χ0) is 29.5. The number of amides is 2. The van der Waals surface area contributed by atoms with Crippen LogP contribution in [0.4, 0.5) is 5.69 Å². The van der Waals surface area contributed by atoms with Gasteiger partial charge >= 0.3 is 0 Å². The summed E-state index contributed by atoms with van der Waals surface area (Å²) < 4.78 is 26.1. The smallest absolute Gasteiger partial charge is 0.246 e. The fraction of sp³-hybridized carbons (Fsp3) is 0.355. The summed E-state index contributed by atoms with van der Waals surface area (Å²) in [6, 6.07) is 20.4. The number of fused-ring (bicyclic) bond motifs is 1.